The predicted molar refractivity (Wildman–Crippen MR) is 84.7 cm³/mol. The van der Waals surface area contributed by atoms with Gasteiger partial charge in [-0.3, -0.25) is 20.4 Å². The molecule has 1 aromatic heterocycles. The van der Waals surface area contributed by atoms with Crippen molar-refractivity contribution in [3.63, 3.8) is 0 Å². The maximum atomic E-state index is 13.4. The second kappa shape index (κ2) is 7.70. The highest BCUT2D eigenvalue weighted by Gasteiger charge is 2.11. The van der Waals surface area contributed by atoms with E-state index in [4.69, 9.17) is 0 Å². The van der Waals surface area contributed by atoms with E-state index in [-0.39, 0.29) is 10.6 Å². The number of hydrazine groups is 1. The molecule has 0 saturated heterocycles. The predicted octanol–water partition coefficient (Wildman–Crippen LogP) is 3.34. The van der Waals surface area contributed by atoms with Gasteiger partial charge in [-0.15, -0.1) is 23.1 Å². The van der Waals surface area contributed by atoms with Gasteiger partial charge in [0, 0.05) is 4.90 Å². The summed E-state index contributed by atoms with van der Waals surface area (Å²) in [6, 6.07) is 6.32. The Hall–Kier alpha value is -1.45. The Morgan fingerprint density at radius 2 is 1.95 bits per heavy atom. The number of nitrogens with one attached hydrogen (secondary N) is 2. The van der Waals surface area contributed by atoms with Crippen LogP contribution >= 0.6 is 39.0 Å². The van der Waals surface area contributed by atoms with Crippen LogP contribution in [0.4, 0.5) is 8.78 Å². The van der Waals surface area contributed by atoms with Gasteiger partial charge in [-0.2, -0.15) is 0 Å². The highest BCUT2D eigenvalue weighted by Crippen LogP contribution is 2.23. The summed E-state index contributed by atoms with van der Waals surface area (Å²) >= 11 is 5.28. The molecule has 9 heteroatoms. The molecule has 0 aliphatic rings. The van der Waals surface area contributed by atoms with E-state index >= 15 is 0 Å². The summed E-state index contributed by atoms with van der Waals surface area (Å²) in [5, 5.41) is 0. The number of carbonyl (C=O) groups excluding carboxylic acids is 2. The Bertz CT molecular complexity index is 709. The van der Waals surface area contributed by atoms with E-state index < -0.39 is 23.4 Å². The maximum absolute atomic E-state index is 13.4. The van der Waals surface area contributed by atoms with Crippen molar-refractivity contribution in [3.8, 4) is 0 Å². The van der Waals surface area contributed by atoms with Crippen LogP contribution < -0.4 is 10.9 Å². The average molecular weight is 407 g/mol. The number of hydrogen-bond acceptors (Lipinski definition) is 4. The van der Waals surface area contributed by atoms with Gasteiger partial charge >= 0.3 is 0 Å². The average Bonchev–Trinajstić information content (AvgIpc) is 2.92. The van der Waals surface area contributed by atoms with Crippen molar-refractivity contribution in [2.45, 2.75) is 4.90 Å². The van der Waals surface area contributed by atoms with Crippen molar-refractivity contribution >= 4 is 50.8 Å². The molecule has 2 N–H and O–H groups in total. The van der Waals surface area contributed by atoms with Crippen molar-refractivity contribution in [2.24, 2.45) is 0 Å². The van der Waals surface area contributed by atoms with E-state index in [2.05, 4.69) is 26.8 Å². The minimum atomic E-state index is -0.605. The number of halogens is 3. The lowest BCUT2D eigenvalue weighted by atomic mass is 10.3. The summed E-state index contributed by atoms with van der Waals surface area (Å²) in [5.74, 6) is -2.33. The van der Waals surface area contributed by atoms with Crippen LogP contribution in [0.15, 0.2) is 39.0 Å². The van der Waals surface area contributed by atoms with E-state index in [1.807, 2.05) is 0 Å². The van der Waals surface area contributed by atoms with Crippen molar-refractivity contribution in [2.75, 3.05) is 5.75 Å². The van der Waals surface area contributed by atoms with E-state index in [0.717, 1.165) is 33.7 Å². The van der Waals surface area contributed by atoms with E-state index in [9.17, 15) is 18.4 Å². The zero-order chi connectivity index (χ0) is 16.1. The molecule has 0 atom stereocenters. The molecule has 4 nitrogen and oxygen atoms in total. The Labute approximate surface area is 141 Å². The van der Waals surface area contributed by atoms with Crippen molar-refractivity contribution in [1.82, 2.24) is 10.9 Å². The molecule has 0 fully saturated rings. The zero-order valence-electron chi connectivity index (χ0n) is 10.9. The lowest BCUT2D eigenvalue weighted by molar-refractivity contribution is -0.119. The molecule has 2 rings (SSSR count). The van der Waals surface area contributed by atoms with Gasteiger partial charge in [0.1, 0.15) is 11.6 Å². The number of benzene rings is 1. The van der Waals surface area contributed by atoms with Gasteiger partial charge in [0.2, 0.25) is 5.91 Å². The van der Waals surface area contributed by atoms with Crippen LogP contribution in [0.2, 0.25) is 0 Å². The first-order chi connectivity index (χ1) is 10.5. The fraction of sp³-hybridized carbons (Fsp3) is 0.0769. The molecular formula is C13H9BrF2N2O2S2. The van der Waals surface area contributed by atoms with Gasteiger partial charge in [-0.05, 0) is 46.3 Å². The fourth-order valence-electron chi connectivity index (χ4n) is 1.39. The van der Waals surface area contributed by atoms with Gasteiger partial charge in [-0.1, -0.05) is 0 Å². The molecule has 116 valence electrons. The zero-order valence-corrected chi connectivity index (χ0v) is 14.1. The standard InChI is InChI=1S/C13H9BrF2N2O2S2/c14-11-4-3-9(22-11)13(20)18-17-12(19)6-21-10-5-7(15)1-2-8(10)16/h1-5H,6H2,(H,17,19)(H,18,20). The highest BCUT2D eigenvalue weighted by atomic mass is 79.9. The summed E-state index contributed by atoms with van der Waals surface area (Å²) in [4.78, 5) is 23.7. The second-order valence-electron chi connectivity index (χ2n) is 3.97. The lowest BCUT2D eigenvalue weighted by Crippen LogP contribution is -2.42. The minimum Gasteiger partial charge on any atom is -0.272 e. The maximum Gasteiger partial charge on any atom is 0.279 e. The fourth-order valence-corrected chi connectivity index (χ4v) is 3.43. The van der Waals surface area contributed by atoms with Crippen LogP contribution in [0.3, 0.4) is 0 Å². The Morgan fingerprint density at radius 3 is 2.64 bits per heavy atom. The van der Waals surface area contributed by atoms with Crippen LogP contribution in [-0.2, 0) is 4.79 Å². The van der Waals surface area contributed by atoms with Crippen molar-refractivity contribution in [1.29, 1.82) is 0 Å². The number of amides is 2. The number of carbonyl (C=O) groups is 2. The smallest absolute Gasteiger partial charge is 0.272 e. The molecule has 1 aromatic carbocycles. The molecule has 0 radical (unpaired) electrons. The van der Waals surface area contributed by atoms with Crippen LogP contribution in [0.5, 0.6) is 0 Å². The van der Waals surface area contributed by atoms with Gasteiger partial charge in [-0.25, -0.2) is 8.78 Å². The SMILES string of the molecule is O=C(CSc1cc(F)ccc1F)NNC(=O)c1ccc(Br)s1. The molecule has 0 saturated carbocycles. The van der Waals surface area contributed by atoms with E-state index in [0.29, 0.717) is 4.88 Å². The minimum absolute atomic E-state index is 0.0312. The first-order valence-corrected chi connectivity index (χ1v) is 8.47. The Balaban J connectivity index is 1.81. The Kier molecular flexibility index (Phi) is 5.92. The van der Waals surface area contributed by atoms with Crippen LogP contribution in [0.1, 0.15) is 9.67 Å². The van der Waals surface area contributed by atoms with Crippen molar-refractivity contribution in [3.05, 3.63) is 50.6 Å². The monoisotopic (exact) mass is 406 g/mol. The number of rotatable bonds is 4. The summed E-state index contributed by atoms with van der Waals surface area (Å²) in [6.07, 6.45) is 0. The third-order valence-electron chi connectivity index (χ3n) is 2.36. The van der Waals surface area contributed by atoms with Crippen LogP contribution in [0.25, 0.3) is 0 Å². The molecule has 2 aromatic rings. The van der Waals surface area contributed by atoms with Crippen LogP contribution in [0, 0.1) is 11.6 Å². The summed E-state index contributed by atoms with van der Waals surface area (Å²) in [6.45, 7) is 0. The van der Waals surface area contributed by atoms with Crippen molar-refractivity contribution < 1.29 is 18.4 Å². The molecule has 1 heterocycles. The lowest BCUT2D eigenvalue weighted by Gasteiger charge is -2.06. The van der Waals surface area contributed by atoms with Gasteiger partial charge in [0.25, 0.3) is 5.91 Å². The quantitative estimate of drug-likeness (QED) is 0.604. The number of hydrogen-bond donors (Lipinski definition) is 2. The van der Waals surface area contributed by atoms with Gasteiger partial charge in [0.15, 0.2) is 0 Å². The third kappa shape index (κ3) is 4.79. The molecule has 0 spiro atoms. The van der Waals surface area contributed by atoms with Gasteiger partial charge in [0.05, 0.1) is 14.4 Å². The molecule has 0 bridgehead atoms. The summed E-state index contributed by atoms with van der Waals surface area (Å²) in [7, 11) is 0. The van der Waals surface area contributed by atoms with Crippen LogP contribution in [-0.4, -0.2) is 17.6 Å². The first-order valence-electron chi connectivity index (χ1n) is 5.88. The Morgan fingerprint density at radius 1 is 1.18 bits per heavy atom. The molecular weight excluding hydrogens is 398 g/mol. The third-order valence-corrected chi connectivity index (χ3v) is 5.02. The summed E-state index contributed by atoms with van der Waals surface area (Å²) < 4.78 is 27.1. The topological polar surface area (TPSA) is 58.2 Å². The highest BCUT2D eigenvalue weighted by molar-refractivity contribution is 9.11. The summed E-state index contributed by atoms with van der Waals surface area (Å²) in [5.41, 5.74) is 4.45. The second-order valence-corrected chi connectivity index (χ2v) is 7.45. The number of thiophene rings is 1. The molecule has 22 heavy (non-hydrogen) atoms. The van der Waals surface area contributed by atoms with E-state index in [1.54, 1.807) is 12.1 Å². The number of thioether (sulfide) groups is 1. The largest absolute Gasteiger partial charge is 0.279 e. The molecule has 0 aliphatic heterocycles. The molecule has 2 amide bonds. The molecule has 0 unspecified atom stereocenters. The molecule has 0 aliphatic carbocycles. The van der Waals surface area contributed by atoms with E-state index in [1.165, 1.54) is 11.3 Å². The van der Waals surface area contributed by atoms with Gasteiger partial charge < -0.3 is 0 Å². The first kappa shape index (κ1) is 16.9. The normalized spacial score (nSPS) is 10.3.